The molecule has 0 bridgehead atoms. The first-order chi connectivity index (χ1) is 8.18. The molecule has 2 atom stereocenters. The predicted molar refractivity (Wildman–Crippen MR) is 69.7 cm³/mol. The lowest BCUT2D eigenvalue weighted by Crippen LogP contribution is -2.30. The van der Waals surface area contributed by atoms with E-state index in [1.807, 2.05) is 12.1 Å². The number of hydrogen-bond acceptors (Lipinski definition) is 2. The van der Waals surface area contributed by atoms with Gasteiger partial charge in [0.1, 0.15) is 0 Å². The summed E-state index contributed by atoms with van der Waals surface area (Å²) in [6, 6.07) is 5.51. The average Bonchev–Trinajstić information content (AvgIpc) is 2.36. The second-order valence-electron chi connectivity index (χ2n) is 4.46. The summed E-state index contributed by atoms with van der Waals surface area (Å²) >= 11 is 12.0. The molecule has 17 heavy (non-hydrogen) atoms. The Morgan fingerprint density at radius 3 is 2.94 bits per heavy atom. The van der Waals surface area contributed by atoms with Gasteiger partial charge in [0, 0.05) is 18.9 Å². The fraction of sp³-hybridized carbons (Fsp3) is 0.538. The van der Waals surface area contributed by atoms with Gasteiger partial charge in [-0.15, -0.1) is 0 Å². The summed E-state index contributed by atoms with van der Waals surface area (Å²) in [5.41, 5.74) is 0.900. The van der Waals surface area contributed by atoms with Crippen LogP contribution in [0.4, 0.5) is 0 Å². The molecule has 1 saturated heterocycles. The molecule has 0 aromatic heterocycles. The van der Waals surface area contributed by atoms with Crippen LogP contribution in [0.5, 0.6) is 0 Å². The van der Waals surface area contributed by atoms with Gasteiger partial charge in [-0.25, -0.2) is 0 Å². The molecule has 94 valence electrons. The number of aliphatic hydroxyl groups excluding tert-OH is 1. The molecule has 1 fully saturated rings. The summed E-state index contributed by atoms with van der Waals surface area (Å²) in [6.45, 7) is 1.44. The maximum absolute atomic E-state index is 10.2. The monoisotopic (exact) mass is 274 g/mol. The first-order valence-corrected chi connectivity index (χ1v) is 6.63. The topological polar surface area (TPSA) is 29.5 Å². The molecule has 1 N–H and O–H groups in total. The van der Waals surface area contributed by atoms with Crippen molar-refractivity contribution in [3.63, 3.8) is 0 Å². The molecule has 1 aliphatic heterocycles. The summed E-state index contributed by atoms with van der Waals surface area (Å²) in [5.74, 6) is 0.207. The predicted octanol–water partition coefficient (Wildman–Crippen LogP) is 3.32. The Balaban J connectivity index is 2.01. The SMILES string of the molecule is OC(Cc1cccc(Cl)c1Cl)C1CCCOC1. The first-order valence-electron chi connectivity index (χ1n) is 5.87. The van der Waals surface area contributed by atoms with Gasteiger partial charge in [0.15, 0.2) is 0 Å². The highest BCUT2D eigenvalue weighted by Gasteiger charge is 2.23. The molecule has 1 heterocycles. The Labute approximate surface area is 111 Å². The Morgan fingerprint density at radius 1 is 1.41 bits per heavy atom. The maximum Gasteiger partial charge on any atom is 0.0631 e. The number of hydrogen-bond donors (Lipinski definition) is 1. The van der Waals surface area contributed by atoms with Crippen LogP contribution in [0.25, 0.3) is 0 Å². The summed E-state index contributed by atoms with van der Waals surface area (Å²) in [6.07, 6.45) is 2.16. The average molecular weight is 275 g/mol. The highest BCUT2D eigenvalue weighted by Crippen LogP contribution is 2.28. The van der Waals surface area contributed by atoms with E-state index >= 15 is 0 Å². The highest BCUT2D eigenvalue weighted by atomic mass is 35.5. The van der Waals surface area contributed by atoms with Crippen molar-refractivity contribution in [3.05, 3.63) is 33.8 Å². The third-order valence-corrected chi connectivity index (χ3v) is 4.06. The maximum atomic E-state index is 10.2. The van der Waals surface area contributed by atoms with Crippen molar-refractivity contribution in [1.82, 2.24) is 0 Å². The molecule has 2 rings (SSSR count). The molecule has 0 amide bonds. The van der Waals surface area contributed by atoms with E-state index < -0.39 is 6.10 Å². The Kier molecular flexibility index (Phi) is 4.69. The van der Waals surface area contributed by atoms with Crippen molar-refractivity contribution in [3.8, 4) is 0 Å². The van der Waals surface area contributed by atoms with E-state index in [0.717, 1.165) is 25.0 Å². The highest BCUT2D eigenvalue weighted by molar-refractivity contribution is 6.42. The van der Waals surface area contributed by atoms with Crippen LogP contribution in [0.3, 0.4) is 0 Å². The van der Waals surface area contributed by atoms with E-state index in [4.69, 9.17) is 27.9 Å². The zero-order chi connectivity index (χ0) is 12.3. The zero-order valence-electron chi connectivity index (χ0n) is 9.53. The molecular weight excluding hydrogens is 259 g/mol. The van der Waals surface area contributed by atoms with Crippen LogP contribution in [-0.2, 0) is 11.2 Å². The summed E-state index contributed by atoms with van der Waals surface area (Å²) in [7, 11) is 0. The fourth-order valence-corrected chi connectivity index (χ4v) is 2.56. The Bertz CT molecular complexity index is 376. The molecule has 1 aliphatic rings. The Hall–Kier alpha value is -0.280. The van der Waals surface area contributed by atoms with Gasteiger partial charge in [-0.2, -0.15) is 0 Å². The molecule has 1 aromatic carbocycles. The van der Waals surface area contributed by atoms with Gasteiger partial charge in [-0.3, -0.25) is 0 Å². The summed E-state index contributed by atoms with van der Waals surface area (Å²) in [5, 5.41) is 11.2. The molecule has 0 aliphatic carbocycles. The second kappa shape index (κ2) is 6.05. The van der Waals surface area contributed by atoms with Crippen LogP contribution in [0.1, 0.15) is 18.4 Å². The van der Waals surface area contributed by atoms with Crippen molar-refractivity contribution in [2.45, 2.75) is 25.4 Å². The van der Waals surface area contributed by atoms with Crippen LogP contribution in [0, 0.1) is 5.92 Å². The Morgan fingerprint density at radius 2 is 2.24 bits per heavy atom. The molecule has 2 unspecified atom stereocenters. The molecule has 0 radical (unpaired) electrons. The van der Waals surface area contributed by atoms with Crippen LogP contribution in [0.15, 0.2) is 18.2 Å². The number of halogens is 2. The van der Waals surface area contributed by atoms with Gasteiger partial charge in [0.25, 0.3) is 0 Å². The first kappa shape index (κ1) is 13.2. The van der Waals surface area contributed by atoms with Gasteiger partial charge < -0.3 is 9.84 Å². The largest absolute Gasteiger partial charge is 0.392 e. The van der Waals surface area contributed by atoms with Crippen LogP contribution < -0.4 is 0 Å². The number of rotatable bonds is 3. The van der Waals surface area contributed by atoms with Gasteiger partial charge in [-0.1, -0.05) is 35.3 Å². The quantitative estimate of drug-likeness (QED) is 0.916. The number of ether oxygens (including phenoxy) is 1. The van der Waals surface area contributed by atoms with E-state index in [9.17, 15) is 5.11 Å². The third kappa shape index (κ3) is 3.35. The van der Waals surface area contributed by atoms with Crippen molar-refractivity contribution >= 4 is 23.2 Å². The standard InChI is InChI=1S/C13H16Cl2O2/c14-11-5-1-3-9(13(11)15)7-12(16)10-4-2-6-17-8-10/h1,3,5,10,12,16H,2,4,6-8H2. The van der Waals surface area contributed by atoms with Crippen molar-refractivity contribution < 1.29 is 9.84 Å². The van der Waals surface area contributed by atoms with Crippen LogP contribution in [-0.4, -0.2) is 24.4 Å². The van der Waals surface area contributed by atoms with Gasteiger partial charge in [0.2, 0.25) is 0 Å². The molecule has 1 aromatic rings. The second-order valence-corrected chi connectivity index (χ2v) is 5.25. The smallest absolute Gasteiger partial charge is 0.0631 e. The normalized spacial score (nSPS) is 22.4. The molecule has 0 saturated carbocycles. The van der Waals surface area contributed by atoms with Crippen molar-refractivity contribution in [2.24, 2.45) is 5.92 Å². The van der Waals surface area contributed by atoms with Crippen molar-refractivity contribution in [1.29, 1.82) is 0 Å². The van der Waals surface area contributed by atoms with Crippen molar-refractivity contribution in [2.75, 3.05) is 13.2 Å². The third-order valence-electron chi connectivity index (χ3n) is 3.20. The van der Waals surface area contributed by atoms with Gasteiger partial charge in [0.05, 0.1) is 22.8 Å². The van der Waals surface area contributed by atoms with Crippen LogP contribution >= 0.6 is 23.2 Å². The number of aliphatic hydroxyl groups is 1. The summed E-state index contributed by atoms with van der Waals surface area (Å²) in [4.78, 5) is 0. The van der Waals surface area contributed by atoms with E-state index in [-0.39, 0.29) is 5.92 Å². The summed E-state index contributed by atoms with van der Waals surface area (Å²) < 4.78 is 5.38. The van der Waals surface area contributed by atoms with Crippen LogP contribution in [0.2, 0.25) is 10.0 Å². The lowest BCUT2D eigenvalue weighted by Gasteiger charge is -2.27. The molecule has 2 nitrogen and oxygen atoms in total. The van der Waals surface area contributed by atoms with E-state index in [0.29, 0.717) is 23.1 Å². The number of benzene rings is 1. The minimum absolute atomic E-state index is 0.207. The van der Waals surface area contributed by atoms with E-state index in [1.165, 1.54) is 0 Å². The molecular formula is C13H16Cl2O2. The molecule has 0 spiro atoms. The van der Waals surface area contributed by atoms with Gasteiger partial charge >= 0.3 is 0 Å². The van der Waals surface area contributed by atoms with E-state index in [1.54, 1.807) is 6.07 Å². The minimum Gasteiger partial charge on any atom is -0.392 e. The lowest BCUT2D eigenvalue weighted by atomic mass is 9.91. The molecule has 4 heteroatoms. The zero-order valence-corrected chi connectivity index (χ0v) is 11.0. The minimum atomic E-state index is -0.411. The van der Waals surface area contributed by atoms with E-state index in [2.05, 4.69) is 0 Å². The fourth-order valence-electron chi connectivity index (χ4n) is 2.17. The lowest BCUT2D eigenvalue weighted by molar-refractivity contribution is -0.00846. The van der Waals surface area contributed by atoms with Gasteiger partial charge in [-0.05, 0) is 24.5 Å².